The van der Waals surface area contributed by atoms with Gasteiger partial charge in [0.05, 0.1) is 5.58 Å². The Bertz CT molecular complexity index is 2280. The van der Waals surface area contributed by atoms with E-state index in [4.69, 9.17) is 9.40 Å². The molecule has 0 saturated heterocycles. The third kappa shape index (κ3) is 9.11. The molecule has 3 heterocycles. The number of furan rings is 1. The van der Waals surface area contributed by atoms with Crippen molar-refractivity contribution >= 4 is 39.6 Å². The summed E-state index contributed by atoms with van der Waals surface area (Å²) < 4.78 is 7.95. The fourth-order valence-electron chi connectivity index (χ4n) is 7.52. The molecule has 0 atom stereocenters. The molecular weight excluding hydrogens is 885 g/mol. The third-order valence-corrected chi connectivity index (χ3v) is 14.8. The van der Waals surface area contributed by atoms with Crippen molar-refractivity contribution in [2.24, 2.45) is 5.92 Å². The Labute approximate surface area is 332 Å². The molecule has 1 saturated carbocycles. The zero-order valence-electron chi connectivity index (χ0n) is 31.9. The first kappa shape index (κ1) is 38.9. The predicted octanol–water partition coefficient (Wildman–Crippen LogP) is 12.6. The Hall–Kier alpha value is -3.83. The van der Waals surface area contributed by atoms with Crippen LogP contribution in [0, 0.1) is 18.1 Å². The SMILES string of the molecule is CC(C)(C)c1ccnc(-c2[c-]ccc3c2oc2cc(-c4ccccc4)ccc23)c1.[CH3][Ge]([CH3])([CH3])[c]1cnc(-c2[c-]cccc2)cc1CC1CCCCC1.[Ir]. The number of hydrogen-bond acceptors (Lipinski definition) is 3. The molecular formula is C48H50GeIrN2O-2. The van der Waals surface area contributed by atoms with Gasteiger partial charge in [-0.2, -0.15) is 0 Å². The fourth-order valence-corrected chi connectivity index (χ4v) is 10.9. The molecule has 1 aliphatic carbocycles. The number of rotatable bonds is 6. The summed E-state index contributed by atoms with van der Waals surface area (Å²) in [5.41, 5.74) is 10.9. The van der Waals surface area contributed by atoms with E-state index < -0.39 is 13.3 Å². The van der Waals surface area contributed by atoms with Crippen molar-refractivity contribution in [3.63, 3.8) is 0 Å². The van der Waals surface area contributed by atoms with Crippen LogP contribution in [-0.2, 0) is 31.9 Å². The minimum Gasteiger partial charge on any atom is 0 e. The molecule has 5 heteroatoms. The van der Waals surface area contributed by atoms with Crippen molar-refractivity contribution in [2.45, 2.75) is 82.0 Å². The van der Waals surface area contributed by atoms with Crippen LogP contribution >= 0.6 is 0 Å². The van der Waals surface area contributed by atoms with Gasteiger partial charge in [0.2, 0.25) is 0 Å². The van der Waals surface area contributed by atoms with Crippen LogP contribution in [0.2, 0.25) is 17.3 Å². The standard InChI is InChI=1S/C27H22NO.C21H28GeN.Ir/c1-27(2,3)20-14-15-28-24(17-20)23-11-7-10-22-21-13-12-19(16-25(21)29-26(22)23)18-8-5-4-6-9-18;1-22(2,3)20-16-23-21(18-12-8-5-9-13-18)15-19(20)14-17-10-6-4-7-11-17;/h4-10,12-17H,1-3H3;5,8-9,12,15-17H,4,6-7,10-11,14H2,1-3H3;/q2*-1;. The van der Waals surface area contributed by atoms with Crippen LogP contribution in [0.25, 0.3) is 55.6 Å². The van der Waals surface area contributed by atoms with Crippen molar-refractivity contribution in [1.29, 1.82) is 0 Å². The molecule has 4 aromatic carbocycles. The maximum atomic E-state index is 6.35. The second kappa shape index (κ2) is 16.7. The minimum absolute atomic E-state index is 0. The van der Waals surface area contributed by atoms with Gasteiger partial charge in [-0.3, -0.25) is 0 Å². The Morgan fingerprint density at radius 3 is 2.23 bits per heavy atom. The van der Waals surface area contributed by atoms with Gasteiger partial charge >= 0.3 is 144 Å². The molecule has 0 spiro atoms. The zero-order valence-corrected chi connectivity index (χ0v) is 36.4. The van der Waals surface area contributed by atoms with E-state index in [-0.39, 0.29) is 25.5 Å². The first-order valence-corrected chi connectivity index (χ1v) is 26.2. The van der Waals surface area contributed by atoms with E-state index >= 15 is 0 Å². The first-order chi connectivity index (χ1) is 25.0. The molecule has 273 valence electrons. The Morgan fingerprint density at radius 1 is 0.736 bits per heavy atom. The van der Waals surface area contributed by atoms with Gasteiger partial charge in [-0.05, 0) is 39.9 Å². The molecule has 3 nitrogen and oxygen atoms in total. The number of nitrogens with zero attached hydrogens (tertiary/aromatic N) is 2. The Morgan fingerprint density at radius 2 is 1.51 bits per heavy atom. The summed E-state index contributed by atoms with van der Waals surface area (Å²) in [5.74, 6) is 8.32. The Kier molecular flexibility index (Phi) is 12.2. The van der Waals surface area contributed by atoms with Gasteiger partial charge in [-0.1, -0.05) is 80.3 Å². The summed E-state index contributed by atoms with van der Waals surface area (Å²) in [7, 11) is 0. The van der Waals surface area contributed by atoms with Crippen molar-refractivity contribution in [1.82, 2.24) is 9.97 Å². The van der Waals surface area contributed by atoms with Crippen LogP contribution in [-0.4, -0.2) is 23.2 Å². The van der Waals surface area contributed by atoms with Crippen LogP contribution in [0.15, 0.2) is 120 Å². The van der Waals surface area contributed by atoms with Gasteiger partial charge in [0, 0.05) is 31.7 Å². The number of aromatic nitrogens is 2. The molecule has 3 aromatic heterocycles. The maximum absolute atomic E-state index is 6.35. The van der Waals surface area contributed by atoms with Crippen molar-refractivity contribution in [2.75, 3.05) is 0 Å². The molecule has 0 unspecified atom stereocenters. The van der Waals surface area contributed by atoms with E-state index in [0.29, 0.717) is 0 Å². The van der Waals surface area contributed by atoms with Crippen molar-refractivity contribution < 1.29 is 24.5 Å². The summed E-state index contributed by atoms with van der Waals surface area (Å²) >= 11 is -1.89. The van der Waals surface area contributed by atoms with Crippen LogP contribution in [0.5, 0.6) is 0 Å². The van der Waals surface area contributed by atoms with Crippen LogP contribution < -0.4 is 4.40 Å². The van der Waals surface area contributed by atoms with E-state index in [0.717, 1.165) is 55.9 Å². The van der Waals surface area contributed by atoms with E-state index in [1.807, 2.05) is 30.5 Å². The Balaban J connectivity index is 0.000000183. The number of fused-ring (bicyclic) bond motifs is 3. The molecule has 1 aliphatic rings. The van der Waals surface area contributed by atoms with Gasteiger partial charge in [0.25, 0.3) is 0 Å². The van der Waals surface area contributed by atoms with Crippen LogP contribution in [0.3, 0.4) is 0 Å². The van der Waals surface area contributed by atoms with E-state index in [1.54, 1.807) is 9.96 Å². The van der Waals surface area contributed by atoms with Gasteiger partial charge in [-0.25, -0.2) is 0 Å². The van der Waals surface area contributed by atoms with Crippen molar-refractivity contribution in [3.8, 4) is 33.6 Å². The van der Waals surface area contributed by atoms with Crippen molar-refractivity contribution in [3.05, 3.63) is 139 Å². The minimum atomic E-state index is -1.89. The molecule has 7 aromatic rings. The van der Waals surface area contributed by atoms with Gasteiger partial charge in [-0.15, -0.1) is 18.2 Å². The average molecular weight is 936 g/mol. The smallest absolute Gasteiger partial charge is 0 e. The fraction of sp³-hybridized carbons (Fsp3) is 0.292. The molecule has 0 amide bonds. The summed E-state index contributed by atoms with van der Waals surface area (Å²) in [6.45, 7) is 6.63. The summed E-state index contributed by atoms with van der Waals surface area (Å²) in [4.78, 5) is 9.40. The molecule has 0 bridgehead atoms. The number of hydrogen-bond donors (Lipinski definition) is 0. The summed E-state index contributed by atoms with van der Waals surface area (Å²) in [6.07, 6.45) is 12.4. The van der Waals surface area contributed by atoms with E-state index in [1.165, 1.54) is 49.7 Å². The first-order valence-electron chi connectivity index (χ1n) is 18.9. The zero-order chi connectivity index (χ0) is 36.3. The molecule has 1 radical (unpaired) electrons. The normalized spacial score (nSPS) is 13.7. The van der Waals surface area contributed by atoms with Crippen LogP contribution in [0.4, 0.5) is 0 Å². The van der Waals surface area contributed by atoms with Crippen LogP contribution in [0.1, 0.15) is 64.0 Å². The molecule has 0 N–H and O–H groups in total. The number of benzene rings is 4. The molecule has 53 heavy (non-hydrogen) atoms. The number of pyridine rings is 2. The third-order valence-electron chi connectivity index (χ3n) is 10.4. The van der Waals surface area contributed by atoms with Gasteiger partial charge < -0.3 is 9.40 Å². The predicted molar refractivity (Wildman–Crippen MR) is 222 cm³/mol. The quantitative estimate of drug-likeness (QED) is 0.123. The summed E-state index contributed by atoms with van der Waals surface area (Å²) in [5, 5.41) is 2.21. The second-order valence-electron chi connectivity index (χ2n) is 16.4. The van der Waals surface area contributed by atoms with Gasteiger partial charge in [0.15, 0.2) is 0 Å². The van der Waals surface area contributed by atoms with Gasteiger partial charge in [0.1, 0.15) is 5.58 Å². The molecule has 0 aliphatic heterocycles. The average Bonchev–Trinajstić information content (AvgIpc) is 3.54. The van der Waals surface area contributed by atoms with E-state index in [2.05, 4.69) is 140 Å². The largest absolute Gasteiger partial charge is 0 e. The maximum Gasteiger partial charge on any atom is 0 e. The second-order valence-corrected chi connectivity index (χ2v) is 27.0. The monoisotopic (exact) mass is 937 g/mol. The topological polar surface area (TPSA) is 38.9 Å². The molecule has 8 rings (SSSR count). The molecule has 1 fully saturated rings. The van der Waals surface area contributed by atoms with E-state index in [9.17, 15) is 0 Å². The summed E-state index contributed by atoms with van der Waals surface area (Å²) in [6, 6.07) is 42.3.